The molecule has 134 valence electrons. The van der Waals surface area contributed by atoms with Gasteiger partial charge in [0.15, 0.2) is 0 Å². The second-order valence-corrected chi connectivity index (χ2v) is 5.98. The molecule has 0 atom stereocenters. The fourth-order valence-corrected chi connectivity index (χ4v) is 2.44. The summed E-state index contributed by atoms with van der Waals surface area (Å²) in [6.07, 6.45) is 0.244. The zero-order chi connectivity index (χ0) is 17.7. The number of nitrogens with zero attached hydrogens (tertiary/aromatic N) is 1. The normalized spacial score (nSPS) is 9.88. The number of nitrogens with one attached hydrogen (secondary N) is 1. The monoisotopic (exact) mass is 361 g/mol. The van der Waals surface area contributed by atoms with Crippen molar-refractivity contribution >= 4 is 35.6 Å². The van der Waals surface area contributed by atoms with Gasteiger partial charge in [0, 0.05) is 18.4 Å². The smallest absolute Gasteiger partial charge is 0.243 e. The minimum Gasteiger partial charge on any atom is -0.399 e. The van der Waals surface area contributed by atoms with Crippen molar-refractivity contribution in [3.05, 3.63) is 59.2 Å². The molecule has 2 amide bonds. The summed E-state index contributed by atoms with van der Waals surface area (Å²) >= 11 is 0. The number of benzene rings is 2. The van der Waals surface area contributed by atoms with E-state index in [2.05, 4.69) is 5.32 Å². The molecule has 0 saturated heterocycles. The molecule has 0 heterocycles. The van der Waals surface area contributed by atoms with Crippen LogP contribution in [0.4, 0.5) is 11.4 Å². The van der Waals surface area contributed by atoms with Crippen LogP contribution in [0.3, 0.4) is 0 Å². The summed E-state index contributed by atoms with van der Waals surface area (Å²) < 4.78 is 0. The molecule has 0 aliphatic carbocycles. The summed E-state index contributed by atoms with van der Waals surface area (Å²) in [5.74, 6) is -0.322. The zero-order valence-corrected chi connectivity index (χ0v) is 15.5. The Morgan fingerprint density at radius 1 is 1.04 bits per heavy atom. The Kier molecular flexibility index (Phi) is 7.45. The van der Waals surface area contributed by atoms with Crippen molar-refractivity contribution in [1.82, 2.24) is 4.90 Å². The van der Waals surface area contributed by atoms with E-state index >= 15 is 0 Å². The second-order valence-electron chi connectivity index (χ2n) is 5.98. The van der Waals surface area contributed by atoms with Gasteiger partial charge in [-0.3, -0.25) is 9.59 Å². The van der Waals surface area contributed by atoms with E-state index in [1.54, 1.807) is 19.2 Å². The Morgan fingerprint density at radius 3 is 2.16 bits per heavy atom. The summed E-state index contributed by atoms with van der Waals surface area (Å²) in [7, 11) is 1.63. The van der Waals surface area contributed by atoms with Gasteiger partial charge in [-0.15, -0.1) is 12.4 Å². The van der Waals surface area contributed by atoms with Crippen LogP contribution in [-0.2, 0) is 16.0 Å². The van der Waals surface area contributed by atoms with Gasteiger partial charge in [0.25, 0.3) is 0 Å². The Balaban J connectivity index is 0.00000312. The predicted octanol–water partition coefficient (Wildman–Crippen LogP) is 2.95. The van der Waals surface area contributed by atoms with Crippen molar-refractivity contribution in [1.29, 1.82) is 0 Å². The average Bonchev–Trinajstić information content (AvgIpc) is 2.53. The lowest BCUT2D eigenvalue weighted by Gasteiger charge is -2.18. The molecule has 2 aromatic rings. The Morgan fingerprint density at radius 2 is 1.60 bits per heavy atom. The minimum atomic E-state index is -0.208. The number of anilines is 2. The maximum Gasteiger partial charge on any atom is 0.243 e. The second kappa shape index (κ2) is 9.08. The standard InChI is InChI=1S/C19H23N3O2.ClH/c1-13-5-4-6-14(2)19(13)21-17(23)12-22(3)18(24)11-15-7-9-16(20)10-8-15;/h4-10H,11-12,20H2,1-3H3,(H,21,23);1H. The van der Waals surface area contributed by atoms with Crippen LogP contribution in [0, 0.1) is 13.8 Å². The SMILES string of the molecule is Cc1cccc(C)c1NC(=O)CN(C)C(=O)Cc1ccc(N)cc1.Cl. The molecule has 2 rings (SSSR count). The lowest BCUT2D eigenvalue weighted by Crippen LogP contribution is -2.36. The van der Waals surface area contributed by atoms with E-state index in [9.17, 15) is 9.59 Å². The first kappa shape index (κ1) is 20.5. The number of nitrogens with two attached hydrogens (primary N) is 1. The molecule has 0 unspecified atom stereocenters. The number of halogens is 1. The average molecular weight is 362 g/mol. The first-order valence-corrected chi connectivity index (χ1v) is 7.81. The fraction of sp³-hybridized carbons (Fsp3) is 0.263. The highest BCUT2D eigenvalue weighted by Gasteiger charge is 2.14. The van der Waals surface area contributed by atoms with Gasteiger partial charge in [-0.1, -0.05) is 30.3 Å². The van der Waals surface area contributed by atoms with Gasteiger partial charge in [0.1, 0.15) is 0 Å². The van der Waals surface area contributed by atoms with Crippen molar-refractivity contribution in [3.8, 4) is 0 Å². The van der Waals surface area contributed by atoms with Crippen LogP contribution in [0.25, 0.3) is 0 Å². The number of para-hydroxylation sites is 1. The topological polar surface area (TPSA) is 75.4 Å². The number of hydrogen-bond donors (Lipinski definition) is 2. The van der Waals surface area contributed by atoms with E-state index < -0.39 is 0 Å². The molecule has 3 N–H and O–H groups in total. The van der Waals surface area contributed by atoms with Crippen molar-refractivity contribution < 1.29 is 9.59 Å². The highest BCUT2D eigenvalue weighted by atomic mass is 35.5. The van der Waals surface area contributed by atoms with Crippen molar-refractivity contribution in [2.75, 3.05) is 24.6 Å². The molecule has 0 aromatic heterocycles. The van der Waals surface area contributed by atoms with Gasteiger partial charge in [-0.2, -0.15) is 0 Å². The van der Waals surface area contributed by atoms with Crippen LogP contribution in [0.15, 0.2) is 42.5 Å². The highest BCUT2D eigenvalue weighted by molar-refractivity contribution is 5.95. The minimum absolute atomic E-state index is 0. The molecule has 0 saturated carbocycles. The highest BCUT2D eigenvalue weighted by Crippen LogP contribution is 2.19. The van der Waals surface area contributed by atoms with E-state index in [1.807, 2.05) is 44.2 Å². The summed E-state index contributed by atoms with van der Waals surface area (Å²) in [5, 5.41) is 2.89. The number of rotatable bonds is 5. The number of amides is 2. The summed E-state index contributed by atoms with van der Waals surface area (Å²) in [6.45, 7) is 3.90. The molecule has 2 aromatic carbocycles. The van der Waals surface area contributed by atoms with Gasteiger partial charge >= 0.3 is 0 Å². The molecule has 5 nitrogen and oxygen atoms in total. The quantitative estimate of drug-likeness (QED) is 0.804. The predicted molar refractivity (Wildman–Crippen MR) is 104 cm³/mol. The first-order chi connectivity index (χ1) is 11.4. The van der Waals surface area contributed by atoms with Crippen LogP contribution in [0.1, 0.15) is 16.7 Å². The molecule has 0 fully saturated rings. The number of carbonyl (C=O) groups is 2. The molecule has 6 heteroatoms. The van der Waals surface area contributed by atoms with Gasteiger partial charge in [0.2, 0.25) is 11.8 Å². The zero-order valence-electron chi connectivity index (χ0n) is 14.7. The van der Waals surface area contributed by atoms with Crippen molar-refractivity contribution in [2.24, 2.45) is 0 Å². The lowest BCUT2D eigenvalue weighted by molar-refractivity contribution is -0.132. The maximum absolute atomic E-state index is 12.2. The number of aryl methyl sites for hydroxylation is 2. The molecule has 25 heavy (non-hydrogen) atoms. The number of hydrogen-bond acceptors (Lipinski definition) is 3. The van der Waals surface area contributed by atoms with Crippen LogP contribution in [0.2, 0.25) is 0 Å². The van der Waals surface area contributed by atoms with E-state index in [0.29, 0.717) is 5.69 Å². The van der Waals surface area contributed by atoms with Crippen LogP contribution in [0.5, 0.6) is 0 Å². The van der Waals surface area contributed by atoms with E-state index in [-0.39, 0.29) is 37.2 Å². The molecule has 0 aliphatic rings. The number of nitrogen functional groups attached to an aromatic ring is 1. The van der Waals surface area contributed by atoms with Gasteiger partial charge in [-0.05, 0) is 42.7 Å². The Bertz CT molecular complexity index is 725. The maximum atomic E-state index is 12.2. The summed E-state index contributed by atoms with van der Waals surface area (Å²) in [4.78, 5) is 25.9. The first-order valence-electron chi connectivity index (χ1n) is 7.81. The molecule has 0 spiro atoms. The van der Waals surface area contributed by atoms with Crippen molar-refractivity contribution in [2.45, 2.75) is 20.3 Å². The number of carbonyl (C=O) groups excluding carboxylic acids is 2. The van der Waals surface area contributed by atoms with Crippen molar-refractivity contribution in [3.63, 3.8) is 0 Å². The Labute approximate surface area is 154 Å². The third-order valence-corrected chi connectivity index (χ3v) is 3.89. The molecular weight excluding hydrogens is 338 g/mol. The summed E-state index contributed by atoms with van der Waals surface area (Å²) in [5.41, 5.74) is 9.97. The molecule has 0 bridgehead atoms. The summed E-state index contributed by atoms with van der Waals surface area (Å²) in [6, 6.07) is 13.0. The fourth-order valence-electron chi connectivity index (χ4n) is 2.44. The van der Waals surface area contributed by atoms with Gasteiger partial charge in [0.05, 0.1) is 13.0 Å². The van der Waals surface area contributed by atoms with E-state index in [0.717, 1.165) is 22.4 Å². The third-order valence-electron chi connectivity index (χ3n) is 3.89. The molecule has 0 radical (unpaired) electrons. The van der Waals surface area contributed by atoms with Crippen LogP contribution < -0.4 is 11.1 Å². The van der Waals surface area contributed by atoms with E-state index in [1.165, 1.54) is 4.90 Å². The third kappa shape index (κ3) is 5.80. The molecule has 0 aliphatic heterocycles. The van der Waals surface area contributed by atoms with E-state index in [4.69, 9.17) is 5.73 Å². The lowest BCUT2D eigenvalue weighted by atomic mass is 10.1. The number of likely N-dealkylation sites (N-methyl/N-ethyl adjacent to an activating group) is 1. The molecular formula is C19H24ClN3O2. The van der Waals surface area contributed by atoms with Crippen LogP contribution in [-0.4, -0.2) is 30.3 Å². The van der Waals surface area contributed by atoms with Crippen LogP contribution >= 0.6 is 12.4 Å². The largest absolute Gasteiger partial charge is 0.399 e. The van der Waals surface area contributed by atoms with Gasteiger partial charge in [-0.25, -0.2) is 0 Å². The Hall–Kier alpha value is -2.53. The van der Waals surface area contributed by atoms with Gasteiger partial charge < -0.3 is 16.0 Å².